The first-order valence-corrected chi connectivity index (χ1v) is 5.96. The Morgan fingerprint density at radius 2 is 2.22 bits per heavy atom. The van der Waals surface area contributed by atoms with Crippen molar-refractivity contribution in [1.82, 2.24) is 5.32 Å². The number of fused-ring (bicyclic) bond motifs is 1. The number of ether oxygens (including phenoxy) is 3. The molecule has 0 aromatic heterocycles. The number of hydrogen-bond acceptors (Lipinski definition) is 4. The Balaban J connectivity index is 2.09. The van der Waals surface area contributed by atoms with Gasteiger partial charge in [-0.3, -0.25) is 0 Å². The molecule has 0 bridgehead atoms. The fourth-order valence-electron chi connectivity index (χ4n) is 1.82. The minimum atomic E-state index is 0.559. The summed E-state index contributed by atoms with van der Waals surface area (Å²) >= 11 is 0. The van der Waals surface area contributed by atoms with Crippen molar-refractivity contribution in [2.24, 2.45) is 0 Å². The Morgan fingerprint density at radius 1 is 1.39 bits per heavy atom. The third-order valence-corrected chi connectivity index (χ3v) is 2.66. The van der Waals surface area contributed by atoms with Crippen molar-refractivity contribution >= 4 is 0 Å². The zero-order valence-electron chi connectivity index (χ0n) is 10.5. The summed E-state index contributed by atoms with van der Waals surface area (Å²) in [6, 6.07) is 3.93. The SMILES string of the molecule is C#CCCNCc1cc(OC)c2c(c1)OCCO2. The van der Waals surface area contributed by atoms with Crippen LogP contribution in [0, 0.1) is 12.3 Å². The van der Waals surface area contributed by atoms with Crippen molar-refractivity contribution in [2.45, 2.75) is 13.0 Å². The first-order valence-electron chi connectivity index (χ1n) is 5.96. The standard InChI is InChI=1S/C14H17NO3/c1-3-4-5-15-10-11-8-12(16-2)14-13(9-11)17-6-7-18-14/h1,8-9,15H,4-7,10H2,2H3. The third kappa shape index (κ3) is 2.88. The number of benzene rings is 1. The van der Waals surface area contributed by atoms with Crippen molar-refractivity contribution in [3.63, 3.8) is 0 Å². The normalized spacial score (nSPS) is 12.9. The summed E-state index contributed by atoms with van der Waals surface area (Å²) in [5, 5.41) is 3.27. The molecule has 1 heterocycles. The van der Waals surface area contributed by atoms with Gasteiger partial charge in [-0.1, -0.05) is 0 Å². The van der Waals surface area contributed by atoms with Gasteiger partial charge in [0.15, 0.2) is 11.5 Å². The molecule has 0 radical (unpaired) electrons. The second-order valence-corrected chi connectivity index (χ2v) is 3.95. The zero-order chi connectivity index (χ0) is 12.8. The summed E-state index contributed by atoms with van der Waals surface area (Å²) in [6.07, 6.45) is 5.92. The number of nitrogens with one attached hydrogen (secondary N) is 1. The lowest BCUT2D eigenvalue weighted by molar-refractivity contribution is 0.165. The highest BCUT2D eigenvalue weighted by atomic mass is 16.6. The van der Waals surface area contributed by atoms with Gasteiger partial charge in [-0.2, -0.15) is 0 Å². The second-order valence-electron chi connectivity index (χ2n) is 3.95. The number of methoxy groups -OCH3 is 1. The van der Waals surface area contributed by atoms with E-state index in [4.69, 9.17) is 20.6 Å². The van der Waals surface area contributed by atoms with Gasteiger partial charge in [-0.15, -0.1) is 12.3 Å². The fourth-order valence-corrected chi connectivity index (χ4v) is 1.82. The summed E-state index contributed by atoms with van der Waals surface area (Å²) in [5.41, 5.74) is 1.09. The Kier molecular flexibility index (Phi) is 4.32. The molecule has 0 fully saturated rings. The minimum Gasteiger partial charge on any atom is -0.493 e. The Morgan fingerprint density at radius 3 is 3.00 bits per heavy atom. The lowest BCUT2D eigenvalue weighted by Gasteiger charge is -2.21. The van der Waals surface area contributed by atoms with E-state index in [2.05, 4.69) is 11.2 Å². The monoisotopic (exact) mass is 247 g/mol. The molecule has 4 nitrogen and oxygen atoms in total. The quantitative estimate of drug-likeness (QED) is 0.633. The van der Waals surface area contributed by atoms with Crippen LogP contribution in [0.3, 0.4) is 0 Å². The molecule has 1 aliphatic rings. The van der Waals surface area contributed by atoms with Gasteiger partial charge in [0.05, 0.1) is 7.11 Å². The first-order chi connectivity index (χ1) is 8.85. The molecule has 0 amide bonds. The number of hydrogen-bond donors (Lipinski definition) is 1. The van der Waals surface area contributed by atoms with Gasteiger partial charge in [0.1, 0.15) is 13.2 Å². The fraction of sp³-hybridized carbons (Fsp3) is 0.429. The molecule has 96 valence electrons. The third-order valence-electron chi connectivity index (χ3n) is 2.66. The van der Waals surface area contributed by atoms with E-state index in [1.54, 1.807) is 7.11 Å². The first kappa shape index (κ1) is 12.6. The topological polar surface area (TPSA) is 39.7 Å². The molecule has 1 aliphatic heterocycles. The van der Waals surface area contributed by atoms with Gasteiger partial charge in [0.25, 0.3) is 0 Å². The van der Waals surface area contributed by atoms with Crippen LogP contribution in [0.15, 0.2) is 12.1 Å². The van der Waals surface area contributed by atoms with Crippen LogP contribution in [0.4, 0.5) is 0 Å². The summed E-state index contributed by atoms with van der Waals surface area (Å²) in [5.74, 6) is 4.74. The zero-order valence-corrected chi connectivity index (χ0v) is 10.5. The van der Waals surface area contributed by atoms with Crippen molar-refractivity contribution in [1.29, 1.82) is 0 Å². The van der Waals surface area contributed by atoms with Crippen LogP contribution >= 0.6 is 0 Å². The van der Waals surface area contributed by atoms with Crippen LogP contribution in [0.25, 0.3) is 0 Å². The van der Waals surface area contributed by atoms with Crippen LogP contribution < -0.4 is 19.5 Å². The lowest BCUT2D eigenvalue weighted by atomic mass is 10.1. The van der Waals surface area contributed by atoms with Crippen LogP contribution in [0.5, 0.6) is 17.2 Å². The summed E-state index contributed by atoms with van der Waals surface area (Å²) in [6.45, 7) is 2.66. The highest BCUT2D eigenvalue weighted by Crippen LogP contribution is 2.40. The molecule has 4 heteroatoms. The maximum Gasteiger partial charge on any atom is 0.203 e. The van der Waals surface area contributed by atoms with Gasteiger partial charge in [-0.05, 0) is 17.7 Å². The average molecular weight is 247 g/mol. The van der Waals surface area contributed by atoms with Gasteiger partial charge >= 0.3 is 0 Å². The summed E-state index contributed by atoms with van der Waals surface area (Å²) in [7, 11) is 1.63. The Labute approximate surface area is 107 Å². The molecule has 1 aromatic carbocycles. The number of rotatable bonds is 5. The van der Waals surface area contributed by atoms with Crippen LogP contribution in [0.2, 0.25) is 0 Å². The molecular formula is C14H17NO3. The van der Waals surface area contributed by atoms with E-state index in [1.165, 1.54) is 0 Å². The molecule has 0 unspecified atom stereocenters. The summed E-state index contributed by atoms with van der Waals surface area (Å²) in [4.78, 5) is 0. The summed E-state index contributed by atoms with van der Waals surface area (Å²) < 4.78 is 16.4. The minimum absolute atomic E-state index is 0.559. The predicted molar refractivity (Wildman–Crippen MR) is 69.1 cm³/mol. The van der Waals surface area contributed by atoms with Crippen molar-refractivity contribution in [3.05, 3.63) is 17.7 Å². The van der Waals surface area contributed by atoms with Crippen LogP contribution in [-0.2, 0) is 6.54 Å². The maximum atomic E-state index is 5.57. The molecule has 2 rings (SSSR count). The van der Waals surface area contributed by atoms with Gasteiger partial charge in [-0.25, -0.2) is 0 Å². The molecule has 0 saturated heterocycles. The van der Waals surface area contributed by atoms with Crippen molar-refractivity contribution in [3.8, 4) is 29.6 Å². The molecule has 0 aliphatic carbocycles. The largest absolute Gasteiger partial charge is 0.493 e. The van der Waals surface area contributed by atoms with E-state index in [0.29, 0.717) is 24.7 Å². The maximum absolute atomic E-state index is 5.57. The van der Waals surface area contributed by atoms with Gasteiger partial charge in [0, 0.05) is 19.5 Å². The molecule has 0 atom stereocenters. The molecular weight excluding hydrogens is 230 g/mol. The Hall–Kier alpha value is -1.86. The van der Waals surface area contributed by atoms with Gasteiger partial charge in [0.2, 0.25) is 5.75 Å². The smallest absolute Gasteiger partial charge is 0.203 e. The van der Waals surface area contributed by atoms with E-state index in [0.717, 1.165) is 30.8 Å². The van der Waals surface area contributed by atoms with Crippen LogP contribution in [0.1, 0.15) is 12.0 Å². The van der Waals surface area contributed by atoms with E-state index >= 15 is 0 Å². The van der Waals surface area contributed by atoms with E-state index in [-0.39, 0.29) is 0 Å². The molecule has 0 saturated carbocycles. The van der Waals surface area contributed by atoms with Crippen LogP contribution in [-0.4, -0.2) is 26.9 Å². The Bertz CT molecular complexity index is 434. The van der Waals surface area contributed by atoms with Crippen molar-refractivity contribution < 1.29 is 14.2 Å². The molecule has 1 aromatic rings. The highest BCUT2D eigenvalue weighted by Gasteiger charge is 2.18. The highest BCUT2D eigenvalue weighted by molar-refractivity contribution is 5.54. The van der Waals surface area contributed by atoms with E-state index in [1.807, 2.05) is 12.1 Å². The van der Waals surface area contributed by atoms with E-state index in [9.17, 15) is 0 Å². The molecule has 0 spiro atoms. The molecule has 1 N–H and O–H groups in total. The average Bonchev–Trinajstić information content (AvgIpc) is 2.42. The number of terminal acetylenes is 1. The van der Waals surface area contributed by atoms with Gasteiger partial charge < -0.3 is 19.5 Å². The second kappa shape index (κ2) is 6.18. The molecule has 18 heavy (non-hydrogen) atoms. The van der Waals surface area contributed by atoms with Crippen molar-refractivity contribution in [2.75, 3.05) is 26.9 Å². The predicted octanol–water partition coefficient (Wildman–Crippen LogP) is 1.58. The lowest BCUT2D eigenvalue weighted by Crippen LogP contribution is -2.18. The van der Waals surface area contributed by atoms with E-state index < -0.39 is 0 Å².